The van der Waals surface area contributed by atoms with E-state index < -0.39 is 17.6 Å². The number of fused-ring (bicyclic) bond motifs is 6. The van der Waals surface area contributed by atoms with Crippen molar-refractivity contribution >= 4 is 86.5 Å². The molecule has 4 aromatic heterocycles. The Hall–Kier alpha value is -8.43. The van der Waals surface area contributed by atoms with Gasteiger partial charge in [0, 0.05) is 92.6 Å². The highest BCUT2D eigenvalue weighted by atomic mass is 32.1. The lowest BCUT2D eigenvalue weighted by Gasteiger charge is -2.29. The summed E-state index contributed by atoms with van der Waals surface area (Å²) in [4.78, 5) is 103. The maximum Gasteiger partial charge on any atom is 0.332 e. The molecule has 68 heavy (non-hydrogen) atoms. The van der Waals surface area contributed by atoms with Crippen molar-refractivity contribution in [2.75, 3.05) is 5.73 Å². The molecule has 4 aromatic carbocycles. The predicted molar refractivity (Wildman–Crippen MR) is 255 cm³/mol. The third-order valence-electron chi connectivity index (χ3n) is 11.3. The van der Waals surface area contributed by atoms with Gasteiger partial charge in [-0.3, -0.25) is 51.8 Å². The number of rotatable bonds is 2. The van der Waals surface area contributed by atoms with Gasteiger partial charge < -0.3 is 10.8 Å². The third kappa shape index (κ3) is 8.94. The number of aldehydes is 1. The van der Waals surface area contributed by atoms with Crippen LogP contribution in [0.4, 0.5) is 5.82 Å². The number of allylic oxidation sites excluding steroid dienone is 2. The number of aromatic nitrogens is 8. The van der Waals surface area contributed by atoms with E-state index in [4.69, 9.17) is 15.6 Å². The van der Waals surface area contributed by atoms with E-state index in [9.17, 15) is 38.4 Å². The Morgan fingerprint density at radius 3 is 1.79 bits per heavy atom. The van der Waals surface area contributed by atoms with Gasteiger partial charge in [0.1, 0.15) is 27.9 Å². The lowest BCUT2D eigenvalue weighted by molar-refractivity contribution is -0.134. The Bertz CT molecular complexity index is 3630. The molecule has 0 bridgehead atoms. The molecule has 21 heteroatoms. The molecule has 3 aliphatic rings. The van der Waals surface area contributed by atoms with Crippen molar-refractivity contribution in [1.82, 2.24) is 35.8 Å². The van der Waals surface area contributed by atoms with Crippen LogP contribution in [0.15, 0.2) is 116 Å². The number of ketones is 3. The molecular weight excluding hydrogens is 915 g/mol. The molecule has 0 aliphatic heterocycles. The Morgan fingerprint density at radius 2 is 1.19 bits per heavy atom. The molecule has 344 valence electrons. The zero-order valence-corrected chi connectivity index (χ0v) is 38.5. The second kappa shape index (κ2) is 19.6. The summed E-state index contributed by atoms with van der Waals surface area (Å²) < 4.78 is 21.6. The number of nitrogen functional groups attached to an aromatic ring is 1. The minimum Gasteiger partial charge on any atom is -0.481 e. The van der Waals surface area contributed by atoms with Crippen molar-refractivity contribution in [3.63, 3.8) is 0 Å². The van der Waals surface area contributed by atoms with Crippen molar-refractivity contribution < 1.29 is 29.1 Å². The van der Waals surface area contributed by atoms with Crippen LogP contribution in [0.5, 0.6) is 0 Å². The molecule has 0 amide bonds. The van der Waals surface area contributed by atoms with Crippen molar-refractivity contribution in [2.24, 2.45) is 28.2 Å². The number of hydrogen-bond donors (Lipinski definition) is 2. The monoisotopic (exact) mass is 953 g/mol. The Labute approximate surface area is 392 Å². The van der Waals surface area contributed by atoms with E-state index in [1.165, 1.54) is 36.3 Å². The molecule has 1 atom stereocenters. The number of carboxylic acids is 1. The van der Waals surface area contributed by atoms with Gasteiger partial charge >= 0.3 is 11.4 Å². The smallest absolute Gasteiger partial charge is 0.332 e. The summed E-state index contributed by atoms with van der Waals surface area (Å²) in [7, 11) is 6.07. The van der Waals surface area contributed by atoms with Crippen LogP contribution in [0.1, 0.15) is 83.1 Å². The minimum absolute atomic E-state index is 0.0504. The second-order valence-corrected chi connectivity index (χ2v) is 16.5. The van der Waals surface area contributed by atoms with Crippen LogP contribution in [0.25, 0.3) is 27.6 Å². The maximum atomic E-state index is 13.6. The predicted octanol–water partition coefficient (Wildman–Crippen LogP) is 4.14. The van der Waals surface area contributed by atoms with E-state index in [0.717, 1.165) is 73.5 Å². The van der Waals surface area contributed by atoms with Gasteiger partial charge in [-0.1, -0.05) is 66.7 Å². The molecule has 8 aromatic rings. The Kier molecular flexibility index (Phi) is 13.7. The minimum atomic E-state index is -0.833. The highest BCUT2D eigenvalue weighted by molar-refractivity contribution is 7.00. The first-order valence-electron chi connectivity index (χ1n) is 20.4. The fourth-order valence-electron chi connectivity index (χ4n) is 7.94. The lowest BCUT2D eigenvalue weighted by Crippen LogP contribution is -2.43. The van der Waals surface area contributed by atoms with Crippen molar-refractivity contribution in [3.05, 3.63) is 183 Å². The summed E-state index contributed by atoms with van der Waals surface area (Å²) in [6, 6.07) is 26.7. The molecule has 0 saturated carbocycles. The summed E-state index contributed by atoms with van der Waals surface area (Å²) in [5.74, 6) is -1.44. The average molecular weight is 954 g/mol. The fourth-order valence-corrected chi connectivity index (χ4v) is 9.06. The van der Waals surface area contributed by atoms with Gasteiger partial charge in [-0.25, -0.2) is 9.59 Å². The molecule has 1 unspecified atom stereocenters. The SMILES string of the molecule is CC(=O)O.Cn1c(N)cc(=O)n(C)c1=O.Cn1c2c(c(=O)n(C)c1=O)C(c1cccc3nsnc13)C1=C(C2)c2ccccc2C1=O.O=C1CC(=O)c2ccccc21.O=Cc1cccc2nsnc12. The fraction of sp³-hybridized carbons (Fsp3) is 0.170. The number of Topliss-reactive ketones (excluding diaryl/α,β-unsaturated/α-hetero) is 3. The first kappa shape index (κ1) is 47.5. The molecule has 0 radical (unpaired) electrons. The molecule has 19 nitrogen and oxygen atoms in total. The van der Waals surface area contributed by atoms with Crippen LogP contribution in [0, 0.1) is 0 Å². The lowest BCUT2D eigenvalue weighted by atomic mass is 9.76. The molecule has 11 rings (SSSR count). The van der Waals surface area contributed by atoms with Gasteiger partial charge in [0.25, 0.3) is 17.1 Å². The molecule has 0 saturated heterocycles. The van der Waals surface area contributed by atoms with Crippen LogP contribution in [0.2, 0.25) is 0 Å². The van der Waals surface area contributed by atoms with Crippen LogP contribution < -0.4 is 28.2 Å². The van der Waals surface area contributed by atoms with Crippen LogP contribution in [0.3, 0.4) is 0 Å². The standard InChI is InChI=1S/C23H16N4O3S.C9H6O2.C7H4N2OS.C6H9N3O2.C2H4O2/c1-26-16-10-14-11-6-3-4-7-12(11)21(28)18(14)17(19(16)22(29)27(2)23(26)30)13-8-5-9-15-20(13)25-31-24-15;10-8-5-9(11)7-4-2-1-3-6(7)8;10-4-5-2-1-3-6-7(5)9-11-8-6;1-8-4(7)3-5(10)9(2)6(8)11;1-2(3)4/h3-9,17H,10H2,1-2H3;1-4H,5H2;1-4H;3H,7H2,1-2H3;1H3,(H,3,4). The Balaban J connectivity index is 0.000000151. The summed E-state index contributed by atoms with van der Waals surface area (Å²) in [5.41, 5.74) is 13.3. The third-order valence-corrected chi connectivity index (χ3v) is 12.4. The van der Waals surface area contributed by atoms with E-state index in [2.05, 4.69) is 17.5 Å². The van der Waals surface area contributed by atoms with E-state index in [0.29, 0.717) is 56.5 Å². The molecule has 4 heterocycles. The number of carbonyl (C=O) groups excluding carboxylic acids is 4. The highest BCUT2D eigenvalue weighted by Crippen LogP contribution is 2.49. The number of nitrogens with two attached hydrogens (primary N) is 1. The maximum absolute atomic E-state index is 13.6. The molecule has 0 fully saturated rings. The number of nitrogens with zero attached hydrogens (tertiary/aromatic N) is 8. The van der Waals surface area contributed by atoms with Gasteiger partial charge in [0.05, 0.1) is 29.9 Å². The van der Waals surface area contributed by atoms with Gasteiger partial charge in [-0.2, -0.15) is 17.5 Å². The van der Waals surface area contributed by atoms with Gasteiger partial charge in [0.2, 0.25) is 0 Å². The number of carbonyl (C=O) groups is 5. The largest absolute Gasteiger partial charge is 0.481 e. The van der Waals surface area contributed by atoms with Crippen LogP contribution >= 0.6 is 23.5 Å². The van der Waals surface area contributed by atoms with Crippen LogP contribution in [-0.4, -0.2) is 70.5 Å². The quantitative estimate of drug-likeness (QED) is 0.182. The highest BCUT2D eigenvalue weighted by Gasteiger charge is 2.43. The number of carboxylic acid groups (broad SMARTS) is 1. The summed E-state index contributed by atoms with van der Waals surface area (Å²) >= 11 is 2.22. The van der Waals surface area contributed by atoms with Gasteiger partial charge in [0.15, 0.2) is 23.6 Å². The van der Waals surface area contributed by atoms with Crippen LogP contribution in [-0.2, 0) is 39.4 Å². The summed E-state index contributed by atoms with van der Waals surface area (Å²) in [5, 5.41) is 7.42. The summed E-state index contributed by atoms with van der Waals surface area (Å²) in [6.07, 6.45) is 1.21. The van der Waals surface area contributed by atoms with Gasteiger partial charge in [-0.15, -0.1) is 0 Å². The number of aliphatic carboxylic acids is 1. The molecule has 3 aliphatic carbocycles. The average Bonchev–Trinajstić information content (AvgIpc) is 4.14. The molecule has 3 N–H and O–H groups in total. The normalized spacial score (nSPS) is 13.9. The first-order valence-corrected chi connectivity index (χ1v) is 21.8. The van der Waals surface area contributed by atoms with Crippen molar-refractivity contribution in [1.29, 1.82) is 0 Å². The van der Waals surface area contributed by atoms with E-state index in [-0.39, 0.29) is 46.4 Å². The number of anilines is 1. The summed E-state index contributed by atoms with van der Waals surface area (Å²) in [6.45, 7) is 1.08. The first-order chi connectivity index (χ1) is 32.5. The number of hydrogen-bond acceptors (Lipinski definition) is 16. The second-order valence-electron chi connectivity index (χ2n) is 15.4. The topological polar surface area (TPSA) is 271 Å². The van der Waals surface area contributed by atoms with Crippen molar-refractivity contribution in [3.8, 4) is 0 Å². The zero-order chi connectivity index (χ0) is 49.1. The van der Waals surface area contributed by atoms with E-state index >= 15 is 0 Å². The zero-order valence-electron chi connectivity index (χ0n) is 36.8. The molecular formula is C47H39N9O10S2. The van der Waals surface area contributed by atoms with E-state index in [1.54, 1.807) is 43.4 Å². The van der Waals surface area contributed by atoms with Gasteiger partial charge in [-0.05, 0) is 34.9 Å². The Morgan fingerprint density at radius 1 is 0.662 bits per heavy atom. The van der Waals surface area contributed by atoms with E-state index in [1.807, 2.05) is 48.5 Å². The molecule has 0 spiro atoms. The number of benzene rings is 4. The van der Waals surface area contributed by atoms with Crippen molar-refractivity contribution in [2.45, 2.75) is 25.7 Å².